The molecule has 3 aromatic rings. The molecule has 0 fully saturated rings. The van der Waals surface area contributed by atoms with E-state index in [9.17, 15) is 4.79 Å². The van der Waals surface area contributed by atoms with E-state index in [1.54, 1.807) is 31.5 Å². The van der Waals surface area contributed by atoms with Crippen LogP contribution in [0.15, 0.2) is 42.6 Å². The lowest BCUT2D eigenvalue weighted by Crippen LogP contribution is -2.11. The molecule has 0 spiro atoms. The molecule has 1 amide bonds. The molecule has 1 N–H and O–H groups in total. The van der Waals surface area contributed by atoms with Crippen molar-refractivity contribution in [2.24, 2.45) is 0 Å². The van der Waals surface area contributed by atoms with Gasteiger partial charge in [-0.05, 0) is 42.3 Å². The van der Waals surface area contributed by atoms with Crippen LogP contribution in [0.1, 0.15) is 26.4 Å². The largest absolute Gasteiger partial charge is 0.493 e. The van der Waals surface area contributed by atoms with Crippen LogP contribution in [0.3, 0.4) is 0 Å². The minimum Gasteiger partial charge on any atom is -0.493 e. The quantitative estimate of drug-likeness (QED) is 0.632. The maximum atomic E-state index is 12.5. The third-order valence-corrected chi connectivity index (χ3v) is 5.35. The number of thiazole rings is 1. The number of amides is 1. The molecule has 0 saturated heterocycles. The zero-order valence-corrected chi connectivity index (χ0v) is 16.8. The van der Waals surface area contributed by atoms with Gasteiger partial charge in [-0.15, -0.1) is 11.3 Å². The summed E-state index contributed by atoms with van der Waals surface area (Å²) in [6.07, 6.45) is 2.48. The highest BCUT2D eigenvalue weighted by Crippen LogP contribution is 2.28. The molecule has 0 saturated carbocycles. The Kier molecular flexibility index (Phi) is 5.98. The minimum absolute atomic E-state index is 0.254. The van der Waals surface area contributed by atoms with E-state index in [4.69, 9.17) is 21.1 Å². The molecule has 0 atom stereocenters. The molecule has 5 nitrogen and oxygen atoms in total. The molecular weight excluding hydrogens is 384 g/mol. The fourth-order valence-electron chi connectivity index (χ4n) is 2.54. The normalized spacial score (nSPS) is 10.5. The number of hydrogen-bond acceptors (Lipinski definition) is 5. The van der Waals surface area contributed by atoms with E-state index in [1.807, 2.05) is 25.1 Å². The van der Waals surface area contributed by atoms with Gasteiger partial charge >= 0.3 is 0 Å². The van der Waals surface area contributed by atoms with Crippen molar-refractivity contribution in [1.29, 1.82) is 0 Å². The summed E-state index contributed by atoms with van der Waals surface area (Å²) in [5.74, 6) is 0.818. The Labute approximate surface area is 166 Å². The maximum Gasteiger partial charge on any atom is 0.257 e. The van der Waals surface area contributed by atoms with Crippen LogP contribution in [0.5, 0.6) is 11.5 Å². The smallest absolute Gasteiger partial charge is 0.257 e. The number of hydrogen-bond donors (Lipinski definition) is 1. The van der Waals surface area contributed by atoms with Gasteiger partial charge in [-0.1, -0.05) is 23.7 Å². The van der Waals surface area contributed by atoms with Gasteiger partial charge in [-0.2, -0.15) is 0 Å². The van der Waals surface area contributed by atoms with Crippen LogP contribution in [0.25, 0.3) is 0 Å². The van der Waals surface area contributed by atoms with Crippen LogP contribution in [0, 0.1) is 6.92 Å². The van der Waals surface area contributed by atoms with Crippen LogP contribution < -0.4 is 14.8 Å². The number of aromatic nitrogens is 1. The number of halogens is 1. The summed E-state index contributed by atoms with van der Waals surface area (Å²) in [5.41, 5.74) is 2.62. The Hall–Kier alpha value is -2.57. The third-order valence-electron chi connectivity index (χ3n) is 4.03. The van der Waals surface area contributed by atoms with Crippen LogP contribution in [0.4, 0.5) is 5.13 Å². The first-order valence-corrected chi connectivity index (χ1v) is 9.42. The number of ether oxygens (including phenoxy) is 2. The summed E-state index contributed by atoms with van der Waals surface area (Å²) < 4.78 is 10.4. The number of nitrogens with one attached hydrogen (secondary N) is 1. The van der Waals surface area contributed by atoms with Crippen molar-refractivity contribution in [1.82, 2.24) is 4.98 Å². The first kappa shape index (κ1) is 19.2. The van der Waals surface area contributed by atoms with Gasteiger partial charge < -0.3 is 9.47 Å². The monoisotopic (exact) mass is 402 g/mol. The Morgan fingerprint density at radius 2 is 1.93 bits per heavy atom. The number of benzene rings is 2. The first-order valence-electron chi connectivity index (χ1n) is 8.23. The average molecular weight is 403 g/mol. The number of anilines is 1. The number of methoxy groups -OCH3 is 2. The fraction of sp³-hybridized carbons (Fsp3) is 0.200. The van der Waals surface area contributed by atoms with Crippen molar-refractivity contribution in [2.75, 3.05) is 19.5 Å². The Bertz CT molecular complexity index is 972. The second kappa shape index (κ2) is 8.41. The third kappa shape index (κ3) is 4.59. The van der Waals surface area contributed by atoms with Gasteiger partial charge in [0.2, 0.25) is 0 Å². The van der Waals surface area contributed by atoms with Gasteiger partial charge in [-0.3, -0.25) is 10.1 Å². The molecule has 0 radical (unpaired) electrons. The summed E-state index contributed by atoms with van der Waals surface area (Å²) in [7, 11) is 3.08. The highest BCUT2D eigenvalue weighted by molar-refractivity contribution is 7.15. The van der Waals surface area contributed by atoms with Gasteiger partial charge in [0.15, 0.2) is 16.6 Å². The number of carbonyl (C=O) groups excluding carboxylic acids is 1. The molecule has 140 valence electrons. The molecule has 0 aliphatic carbocycles. The van der Waals surface area contributed by atoms with Crippen LogP contribution in [-0.2, 0) is 6.42 Å². The molecular formula is C20H19ClN2O3S. The van der Waals surface area contributed by atoms with Crippen molar-refractivity contribution < 1.29 is 14.3 Å². The number of rotatable bonds is 6. The van der Waals surface area contributed by atoms with E-state index < -0.39 is 0 Å². The van der Waals surface area contributed by atoms with Crippen molar-refractivity contribution >= 4 is 34.0 Å². The second-order valence-electron chi connectivity index (χ2n) is 5.92. The Morgan fingerprint density at radius 1 is 1.15 bits per heavy atom. The van der Waals surface area contributed by atoms with Crippen molar-refractivity contribution in [2.45, 2.75) is 13.3 Å². The molecule has 7 heteroatoms. The molecule has 3 rings (SSSR count). The molecule has 0 unspecified atom stereocenters. The van der Waals surface area contributed by atoms with Crippen LogP contribution in [-0.4, -0.2) is 25.1 Å². The Morgan fingerprint density at radius 3 is 2.63 bits per heavy atom. The lowest BCUT2D eigenvalue weighted by molar-refractivity contribution is 0.102. The van der Waals surface area contributed by atoms with Gasteiger partial charge in [-0.25, -0.2) is 4.98 Å². The maximum absolute atomic E-state index is 12.5. The van der Waals surface area contributed by atoms with Gasteiger partial charge in [0.25, 0.3) is 5.91 Å². The zero-order chi connectivity index (χ0) is 19.4. The number of aryl methyl sites for hydroxylation is 1. The standard InChI is InChI=1S/C20H19ClN2O3S/c1-12-4-5-13(9-16(12)21)8-15-11-22-20(27-15)23-19(24)14-6-7-17(25-2)18(10-14)26-3/h4-7,9-11H,8H2,1-3H3,(H,22,23,24). The molecule has 0 aliphatic rings. The zero-order valence-electron chi connectivity index (χ0n) is 15.2. The first-order chi connectivity index (χ1) is 13.0. The molecule has 2 aromatic carbocycles. The SMILES string of the molecule is COc1ccc(C(=O)Nc2ncc(Cc3ccc(C)c(Cl)c3)s2)cc1OC. The summed E-state index contributed by atoms with van der Waals surface area (Å²) in [4.78, 5) is 17.8. The Balaban J connectivity index is 1.70. The molecule has 0 bridgehead atoms. The molecule has 0 aliphatic heterocycles. The number of nitrogens with zero attached hydrogens (tertiary/aromatic N) is 1. The van der Waals surface area contributed by atoms with E-state index in [0.29, 0.717) is 28.6 Å². The average Bonchev–Trinajstić information content (AvgIpc) is 3.10. The summed E-state index contributed by atoms with van der Waals surface area (Å²) in [6.45, 7) is 1.97. The lowest BCUT2D eigenvalue weighted by Gasteiger charge is -2.09. The van der Waals surface area contributed by atoms with Gasteiger partial charge in [0, 0.05) is 28.1 Å². The fourth-order valence-corrected chi connectivity index (χ4v) is 3.59. The summed E-state index contributed by atoms with van der Waals surface area (Å²) >= 11 is 7.62. The van der Waals surface area contributed by atoms with Crippen molar-refractivity contribution in [3.63, 3.8) is 0 Å². The topological polar surface area (TPSA) is 60.5 Å². The van der Waals surface area contributed by atoms with Gasteiger partial charge in [0.05, 0.1) is 14.2 Å². The highest BCUT2D eigenvalue weighted by Gasteiger charge is 2.13. The van der Waals surface area contributed by atoms with Crippen LogP contribution in [0.2, 0.25) is 5.02 Å². The molecule has 27 heavy (non-hydrogen) atoms. The van der Waals surface area contributed by atoms with E-state index in [-0.39, 0.29) is 5.91 Å². The number of carbonyl (C=O) groups is 1. The van der Waals surface area contributed by atoms with E-state index in [2.05, 4.69) is 10.3 Å². The van der Waals surface area contributed by atoms with Gasteiger partial charge in [0.1, 0.15) is 0 Å². The highest BCUT2D eigenvalue weighted by atomic mass is 35.5. The second-order valence-corrected chi connectivity index (χ2v) is 7.44. The predicted molar refractivity (Wildman–Crippen MR) is 109 cm³/mol. The van der Waals surface area contributed by atoms with E-state index >= 15 is 0 Å². The predicted octanol–water partition coefficient (Wildman–Crippen LogP) is 4.97. The van der Waals surface area contributed by atoms with E-state index in [1.165, 1.54) is 18.4 Å². The van der Waals surface area contributed by atoms with Crippen molar-refractivity contribution in [3.8, 4) is 11.5 Å². The summed E-state index contributed by atoms with van der Waals surface area (Å²) in [5, 5.41) is 4.11. The van der Waals surface area contributed by atoms with Crippen LogP contribution >= 0.6 is 22.9 Å². The minimum atomic E-state index is -0.254. The van der Waals surface area contributed by atoms with Crippen molar-refractivity contribution in [3.05, 3.63) is 69.2 Å². The van der Waals surface area contributed by atoms with E-state index in [0.717, 1.165) is 21.0 Å². The molecule has 1 aromatic heterocycles. The molecule has 1 heterocycles. The summed E-state index contributed by atoms with van der Waals surface area (Å²) in [6, 6.07) is 11.0. The lowest BCUT2D eigenvalue weighted by atomic mass is 10.1.